The summed E-state index contributed by atoms with van der Waals surface area (Å²) < 4.78 is 11.2. The van der Waals surface area contributed by atoms with Crippen LogP contribution in [0.15, 0.2) is 36.4 Å². The molecule has 130 valence electrons. The number of rotatable bonds is 5. The van der Waals surface area contributed by atoms with Crippen molar-refractivity contribution in [1.82, 2.24) is 10.3 Å². The van der Waals surface area contributed by atoms with E-state index in [1.54, 1.807) is 31.4 Å². The Morgan fingerprint density at radius 2 is 1.96 bits per heavy atom. The zero-order valence-electron chi connectivity index (χ0n) is 14.3. The van der Waals surface area contributed by atoms with E-state index in [2.05, 4.69) is 10.3 Å². The van der Waals surface area contributed by atoms with Crippen LogP contribution < -0.4 is 19.7 Å². The second-order valence-corrected chi connectivity index (χ2v) is 5.63. The van der Waals surface area contributed by atoms with E-state index in [9.17, 15) is 9.59 Å². The Morgan fingerprint density at radius 1 is 1.20 bits per heavy atom. The van der Waals surface area contributed by atoms with Gasteiger partial charge in [-0.1, -0.05) is 25.1 Å². The Kier molecular flexibility index (Phi) is 4.56. The number of methoxy groups -OCH3 is 1. The highest BCUT2D eigenvalue weighted by Crippen LogP contribution is 2.34. The zero-order chi connectivity index (χ0) is 18.0. The van der Waals surface area contributed by atoms with Gasteiger partial charge in [0.15, 0.2) is 11.5 Å². The number of imide groups is 1. The van der Waals surface area contributed by atoms with Crippen molar-refractivity contribution in [3.8, 4) is 17.4 Å². The molecule has 3 amide bonds. The molecule has 25 heavy (non-hydrogen) atoms. The van der Waals surface area contributed by atoms with E-state index >= 15 is 0 Å². The highest BCUT2D eigenvalue weighted by molar-refractivity contribution is 6.20. The lowest BCUT2D eigenvalue weighted by Crippen LogP contribution is -2.31. The highest BCUT2D eigenvalue weighted by atomic mass is 16.5. The van der Waals surface area contributed by atoms with Crippen LogP contribution in [0.3, 0.4) is 0 Å². The number of aryl methyl sites for hydroxylation is 1. The van der Waals surface area contributed by atoms with Gasteiger partial charge in [0.2, 0.25) is 5.88 Å². The number of para-hydroxylation sites is 1. The number of pyridine rings is 1. The molecule has 1 aliphatic heterocycles. The molecule has 0 spiro atoms. The fourth-order valence-electron chi connectivity index (χ4n) is 2.69. The summed E-state index contributed by atoms with van der Waals surface area (Å²) >= 11 is 0. The molecule has 3 rings (SSSR count). The summed E-state index contributed by atoms with van der Waals surface area (Å²) in [7, 11) is 1.57. The van der Waals surface area contributed by atoms with Gasteiger partial charge in [-0.2, -0.15) is 4.98 Å². The number of anilines is 1. The van der Waals surface area contributed by atoms with Crippen molar-refractivity contribution in [3.63, 3.8) is 0 Å². The van der Waals surface area contributed by atoms with E-state index in [4.69, 9.17) is 9.47 Å². The maximum atomic E-state index is 12.3. The first-order chi connectivity index (χ1) is 12.0. The third kappa shape index (κ3) is 3.13. The quantitative estimate of drug-likeness (QED) is 0.846. The first kappa shape index (κ1) is 16.8. The Bertz CT molecular complexity index is 822. The molecule has 0 aliphatic carbocycles. The number of aromatic nitrogens is 1. The van der Waals surface area contributed by atoms with Crippen LogP contribution in [0.2, 0.25) is 0 Å². The third-order valence-electron chi connectivity index (χ3n) is 3.96. The molecule has 0 radical (unpaired) electrons. The number of urea groups is 1. The summed E-state index contributed by atoms with van der Waals surface area (Å²) in [6, 6.07) is 9.46. The fourth-order valence-corrected chi connectivity index (χ4v) is 2.69. The van der Waals surface area contributed by atoms with E-state index in [0.29, 0.717) is 17.9 Å². The van der Waals surface area contributed by atoms with Gasteiger partial charge in [-0.3, -0.25) is 4.79 Å². The van der Waals surface area contributed by atoms with Crippen molar-refractivity contribution in [2.24, 2.45) is 0 Å². The maximum absolute atomic E-state index is 12.3. The van der Waals surface area contributed by atoms with Crippen LogP contribution in [0.5, 0.6) is 17.4 Å². The van der Waals surface area contributed by atoms with Gasteiger partial charge >= 0.3 is 6.03 Å². The number of amides is 3. The molecule has 2 aromatic rings. The highest BCUT2D eigenvalue weighted by Gasteiger charge is 2.38. The monoisotopic (exact) mass is 341 g/mol. The van der Waals surface area contributed by atoms with Crippen LogP contribution in [0.1, 0.15) is 18.9 Å². The average Bonchev–Trinajstić information content (AvgIpc) is 2.89. The minimum absolute atomic E-state index is 0.225. The van der Waals surface area contributed by atoms with E-state index in [1.807, 2.05) is 26.0 Å². The molecule has 1 aromatic heterocycles. The van der Waals surface area contributed by atoms with Gasteiger partial charge in [0.1, 0.15) is 11.9 Å². The third-order valence-corrected chi connectivity index (χ3v) is 3.96. The van der Waals surface area contributed by atoms with Crippen LogP contribution in [0.25, 0.3) is 0 Å². The summed E-state index contributed by atoms with van der Waals surface area (Å²) in [5, 5.41) is 2.63. The molecule has 1 atom stereocenters. The van der Waals surface area contributed by atoms with Crippen molar-refractivity contribution < 1.29 is 19.1 Å². The molecule has 7 nitrogen and oxygen atoms in total. The summed E-state index contributed by atoms with van der Waals surface area (Å²) in [5.74, 6) is 1.29. The lowest BCUT2D eigenvalue weighted by Gasteiger charge is -2.14. The van der Waals surface area contributed by atoms with Crippen LogP contribution >= 0.6 is 0 Å². The molecule has 7 heteroatoms. The Labute approximate surface area is 145 Å². The van der Waals surface area contributed by atoms with E-state index in [-0.39, 0.29) is 17.6 Å². The molecule has 2 heterocycles. The number of ether oxygens (including phenoxy) is 2. The molecule has 1 N–H and O–H groups in total. The van der Waals surface area contributed by atoms with E-state index in [1.165, 1.54) is 0 Å². The van der Waals surface area contributed by atoms with Gasteiger partial charge in [0.05, 0.1) is 7.11 Å². The molecule has 1 fully saturated rings. The van der Waals surface area contributed by atoms with Crippen LogP contribution in [-0.2, 0) is 4.79 Å². The fraction of sp³-hybridized carbons (Fsp3) is 0.278. The first-order valence-electron chi connectivity index (χ1n) is 7.98. The van der Waals surface area contributed by atoms with Gasteiger partial charge in [0.25, 0.3) is 5.91 Å². The second-order valence-electron chi connectivity index (χ2n) is 5.63. The van der Waals surface area contributed by atoms with Crippen molar-refractivity contribution in [1.29, 1.82) is 0 Å². The van der Waals surface area contributed by atoms with Crippen molar-refractivity contribution in [2.45, 2.75) is 26.3 Å². The summed E-state index contributed by atoms with van der Waals surface area (Å²) in [6.07, 6.45) is 0.526. The second kappa shape index (κ2) is 6.80. The topological polar surface area (TPSA) is 80.8 Å². The van der Waals surface area contributed by atoms with Crippen molar-refractivity contribution in [3.05, 3.63) is 42.0 Å². The number of carbonyl (C=O) groups excluding carboxylic acids is 2. The minimum atomic E-state index is -0.518. The Hall–Kier alpha value is -3.09. The summed E-state index contributed by atoms with van der Waals surface area (Å²) in [5.41, 5.74) is 0.927. The standard InChI is InChI=1S/C18H19N3O4/c1-4-12-17(22)21(18(23)19-12)14-9-6-10-15(20-14)25-13-8-5-7-11(2)16(13)24-3/h5-10,12H,4H2,1-3H3,(H,19,23)/t12-/m1/s1. The predicted molar refractivity (Wildman–Crippen MR) is 92.1 cm³/mol. The number of nitrogens with zero attached hydrogens (tertiary/aromatic N) is 2. The normalized spacial score (nSPS) is 16.8. The van der Waals surface area contributed by atoms with Gasteiger partial charge in [-0.05, 0) is 31.0 Å². The first-order valence-corrected chi connectivity index (χ1v) is 7.98. The molecule has 1 saturated heterocycles. The predicted octanol–water partition coefficient (Wildman–Crippen LogP) is 3.03. The number of nitrogens with one attached hydrogen (secondary N) is 1. The molecule has 0 bridgehead atoms. The molecule has 0 saturated carbocycles. The largest absolute Gasteiger partial charge is 0.493 e. The van der Waals surface area contributed by atoms with E-state index in [0.717, 1.165) is 10.5 Å². The number of carbonyl (C=O) groups is 2. The van der Waals surface area contributed by atoms with Crippen molar-refractivity contribution in [2.75, 3.05) is 12.0 Å². The maximum Gasteiger partial charge on any atom is 0.330 e. The Morgan fingerprint density at radius 3 is 2.64 bits per heavy atom. The number of hydrogen-bond donors (Lipinski definition) is 1. The van der Waals surface area contributed by atoms with Crippen LogP contribution in [0, 0.1) is 6.92 Å². The van der Waals surface area contributed by atoms with Gasteiger partial charge in [0, 0.05) is 6.07 Å². The smallest absolute Gasteiger partial charge is 0.330 e. The summed E-state index contributed by atoms with van der Waals surface area (Å²) in [4.78, 5) is 29.7. The van der Waals surface area contributed by atoms with Gasteiger partial charge < -0.3 is 14.8 Å². The number of benzene rings is 1. The Balaban J connectivity index is 1.89. The van der Waals surface area contributed by atoms with Crippen molar-refractivity contribution >= 4 is 17.8 Å². The van der Waals surface area contributed by atoms with Crippen LogP contribution in [0.4, 0.5) is 10.6 Å². The molecular weight excluding hydrogens is 322 g/mol. The van der Waals surface area contributed by atoms with Gasteiger partial charge in [-0.15, -0.1) is 0 Å². The van der Waals surface area contributed by atoms with E-state index < -0.39 is 12.1 Å². The van der Waals surface area contributed by atoms with Gasteiger partial charge in [-0.25, -0.2) is 9.69 Å². The molecule has 0 unspecified atom stereocenters. The molecule has 1 aromatic carbocycles. The minimum Gasteiger partial charge on any atom is -0.493 e. The lowest BCUT2D eigenvalue weighted by atomic mass is 10.2. The molecular formula is C18H19N3O4. The summed E-state index contributed by atoms with van der Waals surface area (Å²) in [6.45, 7) is 3.75. The average molecular weight is 341 g/mol. The lowest BCUT2D eigenvalue weighted by molar-refractivity contribution is -0.118. The number of hydrogen-bond acceptors (Lipinski definition) is 5. The SMILES string of the molecule is CC[C@H]1NC(=O)N(c2cccc(Oc3cccc(C)c3OC)n2)C1=O. The zero-order valence-corrected chi connectivity index (χ0v) is 14.3. The van der Waals surface area contributed by atoms with Crippen LogP contribution in [-0.4, -0.2) is 30.1 Å². The molecule has 1 aliphatic rings.